The fourth-order valence-electron chi connectivity index (χ4n) is 2.29. The lowest BCUT2D eigenvalue weighted by atomic mass is 10.1. The maximum absolute atomic E-state index is 5.83. The lowest BCUT2D eigenvalue weighted by molar-refractivity contribution is 0.290. The maximum Gasteiger partial charge on any atom is 0.122 e. The number of fused-ring (bicyclic) bond motifs is 1. The van der Waals surface area contributed by atoms with E-state index < -0.39 is 0 Å². The van der Waals surface area contributed by atoms with Crippen molar-refractivity contribution >= 4 is 11.0 Å². The van der Waals surface area contributed by atoms with Gasteiger partial charge in [-0.2, -0.15) is 0 Å². The van der Waals surface area contributed by atoms with E-state index in [1.807, 2.05) is 35.0 Å². The number of hydrogen-bond acceptors (Lipinski definition) is 3. The number of hydrogen-bond donors (Lipinski definition) is 0. The molecule has 0 radical (unpaired) electrons. The third-order valence-electron chi connectivity index (χ3n) is 3.31. The quantitative estimate of drug-likeness (QED) is 0.729. The van der Waals surface area contributed by atoms with Crippen LogP contribution < -0.4 is 4.74 Å². The number of para-hydroxylation sites is 1. The maximum atomic E-state index is 5.83. The van der Waals surface area contributed by atoms with Gasteiger partial charge in [0.1, 0.15) is 17.9 Å². The summed E-state index contributed by atoms with van der Waals surface area (Å²) in [7, 11) is 0. The van der Waals surface area contributed by atoms with Crippen molar-refractivity contribution in [2.24, 2.45) is 0 Å². The SMILES string of the molecule is Cc1ccc(OCCn2nnc3ccccc32)c(C)c1. The Kier molecular flexibility index (Phi) is 3.37. The fraction of sp³-hybridized carbons (Fsp3) is 0.250. The second kappa shape index (κ2) is 5.33. The highest BCUT2D eigenvalue weighted by Gasteiger charge is 2.04. The smallest absolute Gasteiger partial charge is 0.122 e. The van der Waals surface area contributed by atoms with Gasteiger partial charge < -0.3 is 4.74 Å². The van der Waals surface area contributed by atoms with E-state index in [-0.39, 0.29) is 0 Å². The minimum absolute atomic E-state index is 0.581. The zero-order valence-corrected chi connectivity index (χ0v) is 11.7. The Bertz CT molecular complexity index is 733. The van der Waals surface area contributed by atoms with Crippen molar-refractivity contribution < 1.29 is 4.74 Å². The molecule has 4 nitrogen and oxygen atoms in total. The van der Waals surface area contributed by atoms with Crippen LogP contribution in [0.1, 0.15) is 11.1 Å². The number of aryl methyl sites for hydroxylation is 2. The summed E-state index contributed by atoms with van der Waals surface area (Å²) < 4.78 is 7.70. The number of aromatic nitrogens is 3. The van der Waals surface area contributed by atoms with Crippen molar-refractivity contribution in [2.45, 2.75) is 20.4 Å². The number of nitrogens with zero attached hydrogens (tertiary/aromatic N) is 3. The van der Waals surface area contributed by atoms with Crippen molar-refractivity contribution in [3.8, 4) is 5.75 Å². The van der Waals surface area contributed by atoms with Crippen LogP contribution in [-0.4, -0.2) is 21.6 Å². The summed E-state index contributed by atoms with van der Waals surface area (Å²) in [5.41, 5.74) is 4.36. The summed E-state index contributed by atoms with van der Waals surface area (Å²) >= 11 is 0. The summed E-state index contributed by atoms with van der Waals surface area (Å²) in [5.74, 6) is 0.931. The van der Waals surface area contributed by atoms with Gasteiger partial charge in [0.05, 0.1) is 12.1 Å². The molecule has 0 saturated heterocycles. The zero-order valence-electron chi connectivity index (χ0n) is 11.7. The van der Waals surface area contributed by atoms with Crippen molar-refractivity contribution in [1.29, 1.82) is 0 Å². The van der Waals surface area contributed by atoms with Gasteiger partial charge in [0.25, 0.3) is 0 Å². The van der Waals surface area contributed by atoms with Gasteiger partial charge in [0, 0.05) is 0 Å². The molecule has 0 bridgehead atoms. The molecule has 1 heterocycles. The predicted molar refractivity (Wildman–Crippen MR) is 78.9 cm³/mol. The molecule has 0 saturated carbocycles. The van der Waals surface area contributed by atoms with Crippen LogP contribution in [-0.2, 0) is 6.54 Å². The van der Waals surface area contributed by atoms with Gasteiger partial charge in [0.2, 0.25) is 0 Å². The fourth-order valence-corrected chi connectivity index (χ4v) is 2.29. The first-order chi connectivity index (χ1) is 9.74. The van der Waals surface area contributed by atoms with E-state index in [9.17, 15) is 0 Å². The van der Waals surface area contributed by atoms with Crippen molar-refractivity contribution in [2.75, 3.05) is 6.61 Å². The van der Waals surface area contributed by atoms with Crippen LogP contribution in [0.4, 0.5) is 0 Å². The zero-order chi connectivity index (χ0) is 13.9. The van der Waals surface area contributed by atoms with Gasteiger partial charge in [0.15, 0.2) is 0 Å². The molecule has 0 aliphatic rings. The van der Waals surface area contributed by atoms with Crippen molar-refractivity contribution in [3.63, 3.8) is 0 Å². The van der Waals surface area contributed by atoms with Gasteiger partial charge in [-0.3, -0.25) is 0 Å². The molecule has 3 aromatic rings. The lowest BCUT2D eigenvalue weighted by Crippen LogP contribution is -2.10. The molecule has 0 spiro atoms. The summed E-state index contributed by atoms with van der Waals surface area (Å²) in [6, 6.07) is 14.1. The molecule has 0 aliphatic heterocycles. The summed E-state index contributed by atoms with van der Waals surface area (Å²) in [4.78, 5) is 0. The van der Waals surface area contributed by atoms with E-state index in [0.717, 1.165) is 22.3 Å². The van der Waals surface area contributed by atoms with Crippen LogP contribution in [0.2, 0.25) is 0 Å². The molecular formula is C16H17N3O. The van der Waals surface area contributed by atoms with E-state index in [0.29, 0.717) is 13.2 Å². The highest BCUT2D eigenvalue weighted by Crippen LogP contribution is 2.18. The molecule has 0 N–H and O–H groups in total. The largest absolute Gasteiger partial charge is 0.491 e. The summed E-state index contributed by atoms with van der Waals surface area (Å²) in [5, 5.41) is 8.28. The van der Waals surface area contributed by atoms with Crippen LogP contribution in [0.15, 0.2) is 42.5 Å². The minimum atomic E-state index is 0.581. The van der Waals surface area contributed by atoms with Crippen molar-refractivity contribution in [3.05, 3.63) is 53.6 Å². The molecule has 20 heavy (non-hydrogen) atoms. The van der Waals surface area contributed by atoms with Crippen LogP contribution in [0.25, 0.3) is 11.0 Å². The van der Waals surface area contributed by atoms with E-state index in [1.165, 1.54) is 5.56 Å². The van der Waals surface area contributed by atoms with E-state index in [2.05, 4.69) is 36.3 Å². The Morgan fingerprint density at radius 2 is 1.95 bits per heavy atom. The Morgan fingerprint density at radius 1 is 1.10 bits per heavy atom. The van der Waals surface area contributed by atoms with Crippen LogP contribution >= 0.6 is 0 Å². The van der Waals surface area contributed by atoms with Gasteiger partial charge >= 0.3 is 0 Å². The van der Waals surface area contributed by atoms with Crippen LogP contribution in [0.5, 0.6) is 5.75 Å². The minimum Gasteiger partial charge on any atom is -0.491 e. The monoisotopic (exact) mass is 267 g/mol. The number of rotatable bonds is 4. The second-order valence-corrected chi connectivity index (χ2v) is 4.92. The first kappa shape index (κ1) is 12.7. The van der Waals surface area contributed by atoms with Crippen LogP contribution in [0.3, 0.4) is 0 Å². The van der Waals surface area contributed by atoms with E-state index in [1.54, 1.807) is 0 Å². The Balaban J connectivity index is 1.68. The van der Waals surface area contributed by atoms with E-state index >= 15 is 0 Å². The average Bonchev–Trinajstić information content (AvgIpc) is 2.85. The Morgan fingerprint density at radius 3 is 2.80 bits per heavy atom. The van der Waals surface area contributed by atoms with Crippen molar-refractivity contribution in [1.82, 2.24) is 15.0 Å². The average molecular weight is 267 g/mol. The molecule has 102 valence electrons. The van der Waals surface area contributed by atoms with E-state index in [4.69, 9.17) is 4.74 Å². The molecule has 0 aliphatic carbocycles. The van der Waals surface area contributed by atoms with Crippen LogP contribution in [0, 0.1) is 13.8 Å². The first-order valence-electron chi connectivity index (χ1n) is 6.72. The summed E-state index contributed by atoms with van der Waals surface area (Å²) in [6.07, 6.45) is 0. The molecular weight excluding hydrogens is 250 g/mol. The molecule has 0 amide bonds. The molecule has 0 atom stereocenters. The molecule has 1 aromatic heterocycles. The molecule has 2 aromatic carbocycles. The molecule has 0 fully saturated rings. The predicted octanol–water partition coefficient (Wildman–Crippen LogP) is 3.13. The topological polar surface area (TPSA) is 39.9 Å². The highest BCUT2D eigenvalue weighted by molar-refractivity contribution is 5.73. The highest BCUT2D eigenvalue weighted by atomic mass is 16.5. The number of ether oxygens (including phenoxy) is 1. The number of benzene rings is 2. The molecule has 4 heteroatoms. The lowest BCUT2D eigenvalue weighted by Gasteiger charge is -2.09. The Hall–Kier alpha value is -2.36. The molecule has 3 rings (SSSR count). The summed E-state index contributed by atoms with van der Waals surface area (Å²) in [6.45, 7) is 5.41. The first-order valence-corrected chi connectivity index (χ1v) is 6.72. The standard InChI is InChI=1S/C16H17N3O/c1-12-7-8-16(13(2)11-12)20-10-9-19-15-6-4-3-5-14(15)17-18-19/h3-8,11H,9-10H2,1-2H3. The Labute approximate surface area is 118 Å². The van der Waals surface area contributed by atoms with Gasteiger partial charge in [-0.15, -0.1) is 5.10 Å². The third kappa shape index (κ3) is 2.50. The second-order valence-electron chi connectivity index (χ2n) is 4.92. The third-order valence-corrected chi connectivity index (χ3v) is 3.31. The van der Waals surface area contributed by atoms with Gasteiger partial charge in [-0.25, -0.2) is 4.68 Å². The normalized spacial score (nSPS) is 10.9. The molecule has 0 unspecified atom stereocenters. The van der Waals surface area contributed by atoms with Gasteiger partial charge in [-0.05, 0) is 37.6 Å². The van der Waals surface area contributed by atoms with Gasteiger partial charge in [-0.1, -0.05) is 35.0 Å².